The van der Waals surface area contributed by atoms with Crippen molar-refractivity contribution < 1.29 is 19.4 Å². The predicted octanol–water partition coefficient (Wildman–Crippen LogP) is 5.24. The number of aliphatic hydroxyl groups is 1. The van der Waals surface area contributed by atoms with Crippen LogP contribution in [0.2, 0.25) is 0 Å². The average Bonchev–Trinajstić information content (AvgIpc) is 3.28. The molecule has 0 aliphatic carbocycles. The van der Waals surface area contributed by atoms with Crippen molar-refractivity contribution in [2.24, 2.45) is 4.99 Å². The van der Waals surface area contributed by atoms with Crippen molar-refractivity contribution in [3.05, 3.63) is 107 Å². The van der Waals surface area contributed by atoms with Crippen LogP contribution in [0.25, 0.3) is 0 Å². The summed E-state index contributed by atoms with van der Waals surface area (Å²) in [5.41, 5.74) is 2.44. The zero-order valence-corrected chi connectivity index (χ0v) is 21.4. The van der Waals surface area contributed by atoms with Gasteiger partial charge in [-0.2, -0.15) is 0 Å². The van der Waals surface area contributed by atoms with Gasteiger partial charge < -0.3 is 19.5 Å². The first kappa shape index (κ1) is 24.3. The SMILES string of the molecule is C=CCN1C(=O)[C@]2(Cc3ccccc31)N=C(c1ccc(OCCCO)cc1)O[C@@H]2c1ccc(Br)cc1. The van der Waals surface area contributed by atoms with Crippen LogP contribution < -0.4 is 9.64 Å². The lowest BCUT2D eigenvalue weighted by atomic mass is 9.78. The zero-order valence-electron chi connectivity index (χ0n) is 19.8. The summed E-state index contributed by atoms with van der Waals surface area (Å²) in [4.78, 5) is 21.0. The monoisotopic (exact) mass is 546 g/mol. The van der Waals surface area contributed by atoms with Crippen LogP contribution in [0.15, 0.2) is 94.9 Å². The molecule has 0 bridgehead atoms. The largest absolute Gasteiger partial charge is 0.494 e. The van der Waals surface area contributed by atoms with E-state index in [9.17, 15) is 4.79 Å². The number of anilines is 1. The molecule has 6 nitrogen and oxygen atoms in total. The predicted molar refractivity (Wildman–Crippen MR) is 144 cm³/mol. The van der Waals surface area contributed by atoms with Gasteiger partial charge in [0, 0.05) is 41.7 Å². The summed E-state index contributed by atoms with van der Waals surface area (Å²) in [6, 6.07) is 23.2. The number of fused-ring (bicyclic) bond motifs is 1. The summed E-state index contributed by atoms with van der Waals surface area (Å²) in [5.74, 6) is 1.02. The number of para-hydroxylation sites is 1. The van der Waals surface area contributed by atoms with Crippen LogP contribution in [-0.4, -0.2) is 42.2 Å². The van der Waals surface area contributed by atoms with Gasteiger partial charge in [-0.05, 0) is 53.6 Å². The molecule has 2 aliphatic heterocycles. The molecule has 1 spiro atoms. The van der Waals surface area contributed by atoms with Gasteiger partial charge in [-0.15, -0.1) is 6.58 Å². The number of hydrogen-bond acceptors (Lipinski definition) is 5. The fourth-order valence-corrected chi connectivity index (χ4v) is 5.04. The lowest BCUT2D eigenvalue weighted by molar-refractivity contribution is -0.126. The normalized spacial score (nSPS) is 20.6. The number of benzene rings is 3. The average molecular weight is 547 g/mol. The molecule has 7 heteroatoms. The molecule has 2 heterocycles. The number of halogens is 1. The number of ether oxygens (including phenoxy) is 2. The number of hydrogen-bond donors (Lipinski definition) is 1. The molecule has 2 aliphatic rings. The maximum atomic E-state index is 14.2. The zero-order chi connectivity index (χ0) is 25.1. The van der Waals surface area contributed by atoms with Crippen molar-refractivity contribution in [1.82, 2.24) is 0 Å². The number of aliphatic hydroxyl groups excluding tert-OH is 1. The van der Waals surface area contributed by atoms with Gasteiger partial charge in [0.1, 0.15) is 5.75 Å². The Balaban J connectivity index is 1.57. The highest BCUT2D eigenvalue weighted by Gasteiger charge is 2.57. The number of amides is 1. The fraction of sp³-hybridized carbons (Fsp3) is 0.241. The number of carbonyl (C=O) groups excluding carboxylic acids is 1. The van der Waals surface area contributed by atoms with Crippen LogP contribution >= 0.6 is 15.9 Å². The second kappa shape index (κ2) is 10.3. The molecule has 0 fully saturated rings. The smallest absolute Gasteiger partial charge is 0.259 e. The van der Waals surface area contributed by atoms with E-state index in [4.69, 9.17) is 19.6 Å². The summed E-state index contributed by atoms with van der Waals surface area (Å²) < 4.78 is 13.1. The number of aliphatic imine (C=N–C) groups is 1. The first-order valence-electron chi connectivity index (χ1n) is 11.9. The van der Waals surface area contributed by atoms with Gasteiger partial charge in [0.2, 0.25) is 5.90 Å². The Morgan fingerprint density at radius 3 is 2.61 bits per heavy atom. The van der Waals surface area contributed by atoms with Crippen molar-refractivity contribution >= 4 is 33.4 Å². The first-order chi connectivity index (χ1) is 17.6. The van der Waals surface area contributed by atoms with Gasteiger partial charge in [-0.3, -0.25) is 4.79 Å². The highest BCUT2D eigenvalue weighted by Crippen LogP contribution is 2.47. The van der Waals surface area contributed by atoms with E-state index < -0.39 is 11.6 Å². The van der Waals surface area contributed by atoms with Gasteiger partial charge >= 0.3 is 0 Å². The molecule has 0 aromatic heterocycles. The lowest BCUT2D eigenvalue weighted by Crippen LogP contribution is -2.55. The summed E-state index contributed by atoms with van der Waals surface area (Å²) >= 11 is 3.50. The van der Waals surface area contributed by atoms with E-state index in [1.54, 1.807) is 11.0 Å². The molecule has 3 aromatic carbocycles. The molecule has 0 radical (unpaired) electrons. The molecule has 5 rings (SSSR count). The van der Waals surface area contributed by atoms with E-state index in [-0.39, 0.29) is 12.5 Å². The second-order valence-electron chi connectivity index (χ2n) is 8.85. The van der Waals surface area contributed by atoms with E-state index in [1.165, 1.54) is 0 Å². The number of carbonyl (C=O) groups is 1. The number of nitrogens with zero attached hydrogens (tertiary/aromatic N) is 2. The van der Waals surface area contributed by atoms with Gasteiger partial charge in [-0.25, -0.2) is 4.99 Å². The molecule has 0 saturated carbocycles. The van der Waals surface area contributed by atoms with E-state index in [2.05, 4.69) is 22.5 Å². The quantitative estimate of drug-likeness (QED) is 0.309. The molecule has 36 heavy (non-hydrogen) atoms. The molecule has 0 unspecified atom stereocenters. The molecule has 0 saturated heterocycles. The molecule has 1 N–H and O–H groups in total. The molecule has 1 amide bonds. The van der Waals surface area contributed by atoms with Crippen LogP contribution in [0.3, 0.4) is 0 Å². The summed E-state index contributed by atoms with van der Waals surface area (Å²) in [6.07, 6.45) is 2.15. The van der Waals surface area contributed by atoms with Crippen molar-refractivity contribution in [2.45, 2.75) is 24.5 Å². The summed E-state index contributed by atoms with van der Waals surface area (Å²) in [6.45, 7) is 4.78. The molecule has 2 atom stereocenters. The minimum absolute atomic E-state index is 0.0856. The Labute approximate surface area is 219 Å². The van der Waals surface area contributed by atoms with Crippen LogP contribution in [0.5, 0.6) is 5.75 Å². The minimum atomic E-state index is -1.14. The van der Waals surface area contributed by atoms with E-state index in [0.717, 1.165) is 26.9 Å². The fourth-order valence-electron chi connectivity index (χ4n) is 4.77. The third-order valence-electron chi connectivity index (χ3n) is 6.48. The maximum Gasteiger partial charge on any atom is 0.259 e. The summed E-state index contributed by atoms with van der Waals surface area (Å²) in [5, 5.41) is 8.97. The Bertz CT molecular complexity index is 1290. The van der Waals surface area contributed by atoms with Crippen molar-refractivity contribution in [2.75, 3.05) is 24.7 Å². The highest BCUT2D eigenvalue weighted by molar-refractivity contribution is 9.10. The summed E-state index contributed by atoms with van der Waals surface area (Å²) in [7, 11) is 0. The van der Waals surface area contributed by atoms with E-state index in [0.29, 0.717) is 37.6 Å². The standard InChI is InChI=1S/C29H27BrN2O4/c1-2-16-32-25-7-4-3-6-22(25)19-29(28(32)34)26(20-8-12-23(30)13-9-20)36-27(31-29)21-10-14-24(15-11-21)35-18-5-17-33/h2-4,6-15,26,33H,1,5,16-19H2/t26-,29-/m1/s1. The Morgan fingerprint density at radius 1 is 1.14 bits per heavy atom. The Hall–Kier alpha value is -3.42. The topological polar surface area (TPSA) is 71.4 Å². The lowest BCUT2D eigenvalue weighted by Gasteiger charge is -2.40. The van der Waals surface area contributed by atoms with Crippen LogP contribution in [-0.2, 0) is 16.0 Å². The van der Waals surface area contributed by atoms with Gasteiger partial charge in [0.05, 0.1) is 6.61 Å². The Kier molecular flexibility index (Phi) is 6.94. The van der Waals surface area contributed by atoms with Crippen LogP contribution in [0.4, 0.5) is 5.69 Å². The van der Waals surface area contributed by atoms with E-state index in [1.807, 2.05) is 72.8 Å². The van der Waals surface area contributed by atoms with Gasteiger partial charge in [0.15, 0.2) is 11.6 Å². The van der Waals surface area contributed by atoms with E-state index >= 15 is 0 Å². The molecule has 184 valence electrons. The minimum Gasteiger partial charge on any atom is -0.494 e. The van der Waals surface area contributed by atoms with Gasteiger partial charge in [-0.1, -0.05) is 52.3 Å². The third kappa shape index (κ3) is 4.45. The maximum absolute atomic E-state index is 14.2. The van der Waals surface area contributed by atoms with Crippen molar-refractivity contribution in [1.29, 1.82) is 0 Å². The van der Waals surface area contributed by atoms with Crippen molar-refractivity contribution in [3.8, 4) is 5.75 Å². The Morgan fingerprint density at radius 2 is 1.89 bits per heavy atom. The first-order valence-corrected chi connectivity index (χ1v) is 12.7. The highest BCUT2D eigenvalue weighted by atomic mass is 79.9. The number of rotatable bonds is 8. The van der Waals surface area contributed by atoms with Crippen LogP contribution in [0.1, 0.15) is 29.2 Å². The third-order valence-corrected chi connectivity index (χ3v) is 7.01. The molecule has 3 aromatic rings. The second-order valence-corrected chi connectivity index (χ2v) is 9.77. The van der Waals surface area contributed by atoms with Crippen molar-refractivity contribution in [3.63, 3.8) is 0 Å². The van der Waals surface area contributed by atoms with Gasteiger partial charge in [0.25, 0.3) is 5.91 Å². The molecular weight excluding hydrogens is 520 g/mol. The van der Waals surface area contributed by atoms with Crippen LogP contribution in [0, 0.1) is 0 Å². The molecular formula is C29H27BrN2O4.